The summed E-state index contributed by atoms with van der Waals surface area (Å²) >= 11 is 3.09. The highest BCUT2D eigenvalue weighted by Gasteiger charge is 2.28. The minimum atomic E-state index is -0.552. The van der Waals surface area contributed by atoms with Gasteiger partial charge < -0.3 is 15.0 Å². The molecular weight excluding hydrogens is 379 g/mol. The number of hydrogen-bond donors (Lipinski definition) is 1. The van der Waals surface area contributed by atoms with Crippen LogP contribution in [0.5, 0.6) is 0 Å². The number of nitrogens with one attached hydrogen (secondary N) is 1. The summed E-state index contributed by atoms with van der Waals surface area (Å²) < 4.78 is 19.1. The molecule has 0 aromatic heterocycles. The molecule has 0 saturated carbocycles. The second-order valence-electron chi connectivity index (χ2n) is 6.90. The molecule has 2 amide bonds. The minimum Gasteiger partial charge on any atom is -0.444 e. The summed E-state index contributed by atoms with van der Waals surface area (Å²) in [5.41, 5.74) is 0.0772. The molecule has 0 bridgehead atoms. The third kappa shape index (κ3) is 5.47. The Bertz CT molecular complexity index is 631. The molecule has 1 heterocycles. The van der Waals surface area contributed by atoms with Crippen LogP contribution in [0.15, 0.2) is 22.7 Å². The zero-order chi connectivity index (χ0) is 17.9. The number of halogens is 2. The van der Waals surface area contributed by atoms with E-state index in [4.69, 9.17) is 4.74 Å². The molecule has 0 spiro atoms. The number of amides is 2. The second kappa shape index (κ2) is 7.51. The monoisotopic (exact) mass is 400 g/mol. The fraction of sp³-hybridized carbons (Fsp3) is 0.529. The lowest BCUT2D eigenvalue weighted by Gasteiger charge is -2.22. The highest BCUT2D eigenvalue weighted by molar-refractivity contribution is 9.10. The van der Waals surface area contributed by atoms with Gasteiger partial charge >= 0.3 is 6.09 Å². The largest absolute Gasteiger partial charge is 0.444 e. The Hall–Kier alpha value is -1.63. The highest BCUT2D eigenvalue weighted by Crippen LogP contribution is 2.18. The van der Waals surface area contributed by atoms with E-state index in [0.717, 1.165) is 0 Å². The lowest BCUT2D eigenvalue weighted by molar-refractivity contribution is -0.129. The molecule has 1 aromatic carbocycles. The van der Waals surface area contributed by atoms with Gasteiger partial charge in [-0.1, -0.05) is 6.07 Å². The third-order valence-corrected chi connectivity index (χ3v) is 4.24. The predicted molar refractivity (Wildman–Crippen MR) is 92.2 cm³/mol. The maximum absolute atomic E-state index is 13.5. The van der Waals surface area contributed by atoms with Crippen molar-refractivity contribution in [2.45, 2.75) is 45.3 Å². The summed E-state index contributed by atoms with van der Waals surface area (Å²) in [6.45, 7) is 6.41. The van der Waals surface area contributed by atoms with Crippen LogP contribution in [0.1, 0.15) is 32.8 Å². The van der Waals surface area contributed by atoms with E-state index in [9.17, 15) is 14.0 Å². The van der Waals surface area contributed by atoms with E-state index >= 15 is 0 Å². The quantitative estimate of drug-likeness (QED) is 0.846. The van der Waals surface area contributed by atoms with Crippen LogP contribution in [0.4, 0.5) is 9.18 Å². The molecule has 24 heavy (non-hydrogen) atoms. The number of rotatable bonds is 3. The Morgan fingerprint density at radius 2 is 2.12 bits per heavy atom. The van der Waals surface area contributed by atoms with Gasteiger partial charge in [0.15, 0.2) is 0 Å². The van der Waals surface area contributed by atoms with Gasteiger partial charge in [0.1, 0.15) is 11.4 Å². The first kappa shape index (κ1) is 18.7. The summed E-state index contributed by atoms with van der Waals surface area (Å²) in [7, 11) is 0. The fourth-order valence-electron chi connectivity index (χ4n) is 2.51. The van der Waals surface area contributed by atoms with Gasteiger partial charge in [-0.2, -0.15) is 0 Å². The van der Waals surface area contributed by atoms with Crippen molar-refractivity contribution >= 4 is 27.9 Å². The van der Waals surface area contributed by atoms with E-state index < -0.39 is 11.7 Å². The predicted octanol–water partition coefficient (Wildman–Crippen LogP) is 3.26. The minimum absolute atomic E-state index is 0.0785. The molecule has 1 aliphatic rings. The smallest absolute Gasteiger partial charge is 0.407 e. The van der Waals surface area contributed by atoms with Crippen LogP contribution in [0.25, 0.3) is 0 Å². The van der Waals surface area contributed by atoms with Crippen molar-refractivity contribution in [2.75, 3.05) is 13.1 Å². The van der Waals surface area contributed by atoms with Crippen molar-refractivity contribution in [1.29, 1.82) is 0 Å². The van der Waals surface area contributed by atoms with Gasteiger partial charge in [0, 0.05) is 13.1 Å². The van der Waals surface area contributed by atoms with Crippen LogP contribution in [0.2, 0.25) is 0 Å². The zero-order valence-corrected chi connectivity index (χ0v) is 15.7. The Labute approximate surface area is 149 Å². The average molecular weight is 401 g/mol. The summed E-state index contributed by atoms with van der Waals surface area (Å²) in [6.07, 6.45) is 0.347. The van der Waals surface area contributed by atoms with Gasteiger partial charge in [-0.25, -0.2) is 9.18 Å². The first-order valence-corrected chi connectivity index (χ1v) is 8.64. The van der Waals surface area contributed by atoms with E-state index in [1.807, 2.05) is 0 Å². The molecule has 1 unspecified atom stereocenters. The van der Waals surface area contributed by atoms with Crippen LogP contribution in [-0.4, -0.2) is 41.6 Å². The molecule has 1 atom stereocenters. The Morgan fingerprint density at radius 3 is 2.75 bits per heavy atom. The number of carbonyl (C=O) groups excluding carboxylic acids is 2. The van der Waals surface area contributed by atoms with Crippen molar-refractivity contribution in [3.63, 3.8) is 0 Å². The zero-order valence-electron chi connectivity index (χ0n) is 14.1. The Kier molecular flexibility index (Phi) is 5.85. The van der Waals surface area contributed by atoms with E-state index in [0.29, 0.717) is 29.5 Å². The van der Waals surface area contributed by atoms with Gasteiger partial charge in [0.25, 0.3) is 0 Å². The summed E-state index contributed by atoms with van der Waals surface area (Å²) in [6, 6.07) is 4.55. The van der Waals surface area contributed by atoms with Gasteiger partial charge in [-0.15, -0.1) is 0 Å². The fourth-order valence-corrected chi connectivity index (χ4v) is 2.76. The van der Waals surface area contributed by atoms with Crippen molar-refractivity contribution in [3.05, 3.63) is 34.1 Å². The molecule has 132 valence electrons. The molecule has 1 fully saturated rings. The highest BCUT2D eigenvalue weighted by atomic mass is 79.9. The maximum atomic E-state index is 13.5. The molecule has 0 radical (unpaired) electrons. The number of nitrogens with zero attached hydrogens (tertiary/aromatic N) is 1. The van der Waals surface area contributed by atoms with Gasteiger partial charge in [-0.05, 0) is 60.8 Å². The number of carbonyl (C=O) groups is 2. The summed E-state index contributed by atoms with van der Waals surface area (Å²) in [4.78, 5) is 25.8. The summed E-state index contributed by atoms with van der Waals surface area (Å²) in [5, 5.41) is 2.78. The van der Waals surface area contributed by atoms with Crippen LogP contribution in [-0.2, 0) is 16.0 Å². The van der Waals surface area contributed by atoms with Gasteiger partial charge in [0.05, 0.1) is 16.9 Å². The molecule has 1 N–H and O–H groups in total. The normalized spacial score (nSPS) is 17.7. The van der Waals surface area contributed by atoms with Crippen molar-refractivity contribution in [1.82, 2.24) is 10.2 Å². The standard InChI is InChI=1S/C17H22BrFN2O3/c1-17(2,3)24-16(23)20-12-6-7-21(10-12)15(22)9-11-4-5-13(18)14(19)8-11/h4-5,8,12H,6-7,9-10H2,1-3H3,(H,20,23). The number of hydrogen-bond acceptors (Lipinski definition) is 3. The maximum Gasteiger partial charge on any atom is 0.407 e. The first-order chi connectivity index (χ1) is 11.1. The van der Waals surface area contributed by atoms with Gasteiger partial charge in [-0.3, -0.25) is 4.79 Å². The first-order valence-electron chi connectivity index (χ1n) is 7.85. The van der Waals surface area contributed by atoms with E-state index in [2.05, 4.69) is 21.2 Å². The number of ether oxygens (including phenoxy) is 1. The summed E-state index contributed by atoms with van der Waals surface area (Å²) in [5.74, 6) is -0.462. The van der Waals surface area contributed by atoms with Crippen molar-refractivity contribution < 1.29 is 18.7 Å². The van der Waals surface area contributed by atoms with Gasteiger partial charge in [0.2, 0.25) is 5.91 Å². The molecule has 2 rings (SSSR count). The lowest BCUT2D eigenvalue weighted by Crippen LogP contribution is -2.41. The second-order valence-corrected chi connectivity index (χ2v) is 7.75. The van der Waals surface area contributed by atoms with Crippen LogP contribution >= 0.6 is 15.9 Å². The molecule has 1 saturated heterocycles. The molecule has 1 aliphatic heterocycles. The van der Waals surface area contributed by atoms with Crippen molar-refractivity contribution in [2.24, 2.45) is 0 Å². The number of likely N-dealkylation sites (tertiary alicyclic amines) is 1. The molecular formula is C17H22BrFN2O3. The SMILES string of the molecule is CC(C)(C)OC(=O)NC1CCN(C(=O)Cc2ccc(Br)c(F)c2)C1. The number of alkyl carbamates (subject to hydrolysis) is 1. The van der Waals surface area contributed by atoms with E-state index in [1.165, 1.54) is 6.07 Å². The van der Waals surface area contributed by atoms with Crippen LogP contribution in [0, 0.1) is 5.82 Å². The molecule has 1 aromatic rings. The molecule has 0 aliphatic carbocycles. The third-order valence-electron chi connectivity index (χ3n) is 3.60. The van der Waals surface area contributed by atoms with Crippen molar-refractivity contribution in [3.8, 4) is 0 Å². The average Bonchev–Trinajstić information content (AvgIpc) is 2.89. The topological polar surface area (TPSA) is 58.6 Å². The van der Waals surface area contributed by atoms with E-state index in [1.54, 1.807) is 37.8 Å². The molecule has 5 nitrogen and oxygen atoms in total. The number of benzene rings is 1. The lowest BCUT2D eigenvalue weighted by atomic mass is 10.1. The Balaban J connectivity index is 1.85. The Morgan fingerprint density at radius 1 is 1.42 bits per heavy atom. The van der Waals surface area contributed by atoms with E-state index in [-0.39, 0.29) is 24.2 Å². The molecule has 7 heteroatoms. The van der Waals surface area contributed by atoms with Crippen LogP contribution in [0.3, 0.4) is 0 Å². The van der Waals surface area contributed by atoms with Crippen LogP contribution < -0.4 is 5.32 Å².